The van der Waals surface area contributed by atoms with Crippen molar-refractivity contribution in [1.82, 2.24) is 0 Å². The van der Waals surface area contributed by atoms with Crippen LogP contribution in [0.4, 0.5) is 0 Å². The Labute approximate surface area is 127 Å². The summed E-state index contributed by atoms with van der Waals surface area (Å²) in [6.07, 6.45) is 0.928. The fraction of sp³-hybridized carbons (Fsp3) is 0.375. The normalized spacial score (nSPS) is 11.0. The lowest BCUT2D eigenvalue weighted by atomic mass is 10.0. The third kappa shape index (κ3) is 2.99. The topological polar surface area (TPSA) is 63.6 Å². The van der Waals surface area contributed by atoms with Crippen LogP contribution in [-0.4, -0.2) is 23.5 Å². The molecule has 1 aromatic heterocycles. The highest BCUT2D eigenvalue weighted by atomic mass is 32.1. The number of ketones is 1. The number of Topliss-reactive ketones (excluding diaryl/α,β-unsaturated/α-hetero) is 1. The summed E-state index contributed by atoms with van der Waals surface area (Å²) in [4.78, 5) is 23.4. The van der Waals surface area contributed by atoms with E-state index in [1.165, 1.54) is 6.92 Å². The summed E-state index contributed by atoms with van der Waals surface area (Å²) in [7, 11) is 0. The molecule has 4 nitrogen and oxygen atoms in total. The Morgan fingerprint density at radius 2 is 2.05 bits per heavy atom. The van der Waals surface area contributed by atoms with Gasteiger partial charge in [-0.05, 0) is 37.5 Å². The molecular formula is C16H18O4S. The molecule has 0 saturated carbocycles. The van der Waals surface area contributed by atoms with Gasteiger partial charge < -0.3 is 9.84 Å². The molecule has 1 heterocycles. The lowest BCUT2D eigenvalue weighted by molar-refractivity contribution is 0.0701. The second-order valence-electron chi connectivity index (χ2n) is 4.95. The molecule has 0 aliphatic carbocycles. The number of aromatic carboxylic acids is 1. The number of rotatable bonds is 6. The highest BCUT2D eigenvalue weighted by molar-refractivity contribution is 7.21. The Balaban J connectivity index is 2.63. The number of aryl methyl sites for hydroxylation is 1. The van der Waals surface area contributed by atoms with Crippen LogP contribution in [0.1, 0.15) is 51.4 Å². The molecule has 0 amide bonds. The number of ether oxygens (including phenoxy) is 1. The molecule has 2 rings (SSSR count). The van der Waals surface area contributed by atoms with Crippen molar-refractivity contribution in [3.63, 3.8) is 0 Å². The van der Waals surface area contributed by atoms with Crippen LogP contribution in [0.3, 0.4) is 0 Å². The molecule has 2 aromatic rings. The first-order valence-electron chi connectivity index (χ1n) is 6.84. The standard InChI is InChI=1S/C16H18O4S/c1-4-7-20-8-11-5-6-12(10(3)17)15-13(11)9(2)14(21-15)16(18)19/h5-6H,4,7-8H2,1-3H3,(H,18,19). The molecule has 0 saturated heterocycles. The van der Waals surface area contributed by atoms with E-state index in [9.17, 15) is 14.7 Å². The number of hydrogen-bond acceptors (Lipinski definition) is 4. The van der Waals surface area contributed by atoms with Crippen molar-refractivity contribution >= 4 is 33.2 Å². The first-order valence-corrected chi connectivity index (χ1v) is 7.66. The lowest BCUT2D eigenvalue weighted by Crippen LogP contribution is -1.99. The Morgan fingerprint density at radius 1 is 1.33 bits per heavy atom. The number of carbonyl (C=O) groups is 2. The van der Waals surface area contributed by atoms with E-state index in [-0.39, 0.29) is 10.7 Å². The summed E-state index contributed by atoms with van der Waals surface area (Å²) in [5.74, 6) is -1.01. The molecule has 0 spiro atoms. The summed E-state index contributed by atoms with van der Waals surface area (Å²) in [6, 6.07) is 3.62. The van der Waals surface area contributed by atoms with Crippen LogP contribution in [-0.2, 0) is 11.3 Å². The van der Waals surface area contributed by atoms with Crippen LogP contribution in [0.15, 0.2) is 12.1 Å². The number of carboxylic acids is 1. The van der Waals surface area contributed by atoms with Gasteiger partial charge in [-0.2, -0.15) is 0 Å². The average Bonchev–Trinajstić information content (AvgIpc) is 2.77. The molecule has 0 aliphatic heterocycles. The van der Waals surface area contributed by atoms with Crippen LogP contribution >= 0.6 is 11.3 Å². The fourth-order valence-electron chi connectivity index (χ4n) is 2.36. The number of carbonyl (C=O) groups excluding carboxylic acids is 1. The molecule has 0 unspecified atom stereocenters. The molecule has 5 heteroatoms. The summed E-state index contributed by atoms with van der Waals surface area (Å²) >= 11 is 1.16. The van der Waals surface area contributed by atoms with Gasteiger partial charge in [0.25, 0.3) is 0 Å². The van der Waals surface area contributed by atoms with E-state index in [1.807, 2.05) is 13.0 Å². The van der Waals surface area contributed by atoms with Crippen LogP contribution < -0.4 is 0 Å². The molecule has 21 heavy (non-hydrogen) atoms. The van der Waals surface area contributed by atoms with Gasteiger partial charge in [-0.25, -0.2) is 4.79 Å². The van der Waals surface area contributed by atoms with Crippen molar-refractivity contribution in [2.45, 2.75) is 33.8 Å². The SMILES string of the molecule is CCCOCc1ccc(C(C)=O)c2sc(C(=O)O)c(C)c12. The van der Waals surface area contributed by atoms with Gasteiger partial charge in [-0.15, -0.1) is 11.3 Å². The van der Waals surface area contributed by atoms with Crippen LogP contribution in [0, 0.1) is 6.92 Å². The highest BCUT2D eigenvalue weighted by Gasteiger charge is 2.20. The van der Waals surface area contributed by atoms with Gasteiger partial charge in [0.1, 0.15) is 4.88 Å². The monoisotopic (exact) mass is 306 g/mol. The van der Waals surface area contributed by atoms with Crippen molar-refractivity contribution in [3.05, 3.63) is 33.7 Å². The Hall–Kier alpha value is -1.72. The summed E-state index contributed by atoms with van der Waals surface area (Å²) in [5, 5.41) is 10.1. The van der Waals surface area contributed by atoms with Crippen molar-refractivity contribution in [2.24, 2.45) is 0 Å². The van der Waals surface area contributed by atoms with Crippen LogP contribution in [0.2, 0.25) is 0 Å². The molecule has 0 aliphatic rings. The third-order valence-corrected chi connectivity index (χ3v) is 4.66. The van der Waals surface area contributed by atoms with E-state index in [2.05, 4.69) is 0 Å². The quantitative estimate of drug-likeness (QED) is 0.646. The zero-order valence-corrected chi connectivity index (χ0v) is 13.2. The molecule has 1 N–H and O–H groups in total. The van der Waals surface area contributed by atoms with Crippen LogP contribution in [0.5, 0.6) is 0 Å². The van der Waals surface area contributed by atoms with Crippen molar-refractivity contribution in [2.75, 3.05) is 6.61 Å². The minimum Gasteiger partial charge on any atom is -0.477 e. The van der Waals surface area contributed by atoms with Gasteiger partial charge in [0.15, 0.2) is 5.78 Å². The maximum absolute atomic E-state index is 11.7. The Kier molecular flexibility index (Phi) is 4.75. The van der Waals surface area contributed by atoms with Gasteiger partial charge in [0.05, 0.1) is 6.61 Å². The number of fused-ring (bicyclic) bond motifs is 1. The summed E-state index contributed by atoms with van der Waals surface area (Å²) in [5.41, 5.74) is 2.22. The minimum absolute atomic E-state index is 0.0563. The van der Waals surface area contributed by atoms with Gasteiger partial charge >= 0.3 is 5.97 Å². The largest absolute Gasteiger partial charge is 0.477 e. The predicted molar refractivity (Wildman–Crippen MR) is 83.5 cm³/mol. The predicted octanol–water partition coefficient (Wildman–Crippen LogP) is 4.04. The van der Waals surface area contributed by atoms with Crippen molar-refractivity contribution in [3.8, 4) is 0 Å². The average molecular weight is 306 g/mol. The lowest BCUT2D eigenvalue weighted by Gasteiger charge is -2.08. The first-order chi connectivity index (χ1) is 9.97. The van der Waals surface area contributed by atoms with E-state index in [1.54, 1.807) is 13.0 Å². The van der Waals surface area contributed by atoms with Crippen molar-refractivity contribution < 1.29 is 19.4 Å². The van der Waals surface area contributed by atoms with Crippen molar-refractivity contribution in [1.29, 1.82) is 0 Å². The zero-order valence-electron chi connectivity index (χ0n) is 12.4. The van der Waals surface area contributed by atoms with Crippen LogP contribution in [0.25, 0.3) is 10.1 Å². The van der Waals surface area contributed by atoms with Gasteiger partial charge in [-0.3, -0.25) is 4.79 Å². The van der Waals surface area contributed by atoms with E-state index >= 15 is 0 Å². The number of thiophene rings is 1. The smallest absolute Gasteiger partial charge is 0.346 e. The zero-order chi connectivity index (χ0) is 15.6. The molecule has 112 valence electrons. The second-order valence-corrected chi connectivity index (χ2v) is 5.97. The summed E-state index contributed by atoms with van der Waals surface area (Å²) < 4.78 is 6.32. The molecule has 0 radical (unpaired) electrons. The number of carboxylic acid groups (broad SMARTS) is 1. The maximum Gasteiger partial charge on any atom is 0.346 e. The van der Waals surface area contributed by atoms with E-state index < -0.39 is 5.97 Å². The van der Waals surface area contributed by atoms with Gasteiger partial charge in [0, 0.05) is 22.3 Å². The van der Waals surface area contributed by atoms with Gasteiger partial charge in [-0.1, -0.05) is 13.0 Å². The number of benzene rings is 1. The molecule has 0 atom stereocenters. The maximum atomic E-state index is 11.7. The Bertz CT molecular complexity index is 700. The fourth-order valence-corrected chi connectivity index (χ4v) is 3.62. The summed E-state index contributed by atoms with van der Waals surface area (Å²) in [6.45, 7) is 6.41. The number of hydrogen-bond donors (Lipinski definition) is 1. The third-order valence-electron chi connectivity index (χ3n) is 3.34. The molecule has 1 aromatic carbocycles. The molecular weight excluding hydrogens is 288 g/mol. The molecule has 0 fully saturated rings. The molecule has 0 bridgehead atoms. The first kappa shape index (κ1) is 15.7. The van der Waals surface area contributed by atoms with E-state index in [0.29, 0.717) is 24.3 Å². The Morgan fingerprint density at radius 3 is 2.62 bits per heavy atom. The van der Waals surface area contributed by atoms with E-state index in [0.717, 1.165) is 33.4 Å². The second kappa shape index (κ2) is 6.37. The highest BCUT2D eigenvalue weighted by Crippen LogP contribution is 2.36. The van der Waals surface area contributed by atoms with E-state index in [4.69, 9.17) is 4.74 Å². The minimum atomic E-state index is -0.955. The van der Waals surface area contributed by atoms with Gasteiger partial charge in [0.2, 0.25) is 0 Å².